The SMILES string of the molecule is CC(=O)Nc1ccc(NC(=O)C(=O)Nc2ccc3c(c2)OCO3)cc1. The number of carbonyl (C=O) groups excluding carboxylic acids is 3. The molecule has 0 unspecified atom stereocenters. The number of benzene rings is 2. The highest BCUT2D eigenvalue weighted by Gasteiger charge is 2.17. The van der Waals surface area contributed by atoms with Gasteiger partial charge in [0.15, 0.2) is 11.5 Å². The zero-order chi connectivity index (χ0) is 17.8. The number of rotatable bonds is 3. The van der Waals surface area contributed by atoms with Gasteiger partial charge >= 0.3 is 11.8 Å². The van der Waals surface area contributed by atoms with E-state index in [1.807, 2.05) is 0 Å². The molecule has 0 atom stereocenters. The first-order valence-corrected chi connectivity index (χ1v) is 7.41. The van der Waals surface area contributed by atoms with Gasteiger partial charge in [-0.1, -0.05) is 0 Å². The van der Waals surface area contributed by atoms with Crippen LogP contribution in [-0.2, 0) is 14.4 Å². The fourth-order valence-corrected chi connectivity index (χ4v) is 2.19. The van der Waals surface area contributed by atoms with Crippen LogP contribution in [-0.4, -0.2) is 24.5 Å². The van der Waals surface area contributed by atoms with Gasteiger partial charge in [0.2, 0.25) is 12.7 Å². The van der Waals surface area contributed by atoms with Gasteiger partial charge in [0.05, 0.1) is 0 Å². The molecule has 0 aliphatic carbocycles. The molecule has 0 radical (unpaired) electrons. The molecule has 1 aliphatic rings. The lowest BCUT2D eigenvalue weighted by Crippen LogP contribution is -2.29. The van der Waals surface area contributed by atoms with Crippen molar-refractivity contribution in [1.82, 2.24) is 0 Å². The Hall–Kier alpha value is -3.55. The van der Waals surface area contributed by atoms with Crippen LogP contribution in [0.25, 0.3) is 0 Å². The molecule has 0 fully saturated rings. The summed E-state index contributed by atoms with van der Waals surface area (Å²) in [6, 6.07) is 11.2. The maximum atomic E-state index is 12.0. The lowest BCUT2D eigenvalue weighted by molar-refractivity contribution is -0.132. The minimum absolute atomic E-state index is 0.127. The van der Waals surface area contributed by atoms with Crippen LogP contribution in [0, 0.1) is 0 Å². The van der Waals surface area contributed by atoms with Crippen LogP contribution in [0.15, 0.2) is 42.5 Å². The lowest BCUT2D eigenvalue weighted by atomic mass is 10.2. The monoisotopic (exact) mass is 341 g/mol. The smallest absolute Gasteiger partial charge is 0.314 e. The van der Waals surface area contributed by atoms with Gasteiger partial charge in [-0.3, -0.25) is 14.4 Å². The Morgan fingerprint density at radius 2 is 1.28 bits per heavy atom. The molecule has 3 rings (SSSR count). The van der Waals surface area contributed by atoms with Crippen molar-refractivity contribution >= 4 is 34.8 Å². The first kappa shape index (κ1) is 16.3. The van der Waals surface area contributed by atoms with Crippen LogP contribution in [0.4, 0.5) is 17.1 Å². The molecule has 2 aromatic rings. The quantitative estimate of drug-likeness (QED) is 0.740. The number of anilines is 3. The van der Waals surface area contributed by atoms with Gasteiger partial charge in [-0.15, -0.1) is 0 Å². The van der Waals surface area contributed by atoms with E-state index in [-0.39, 0.29) is 12.7 Å². The summed E-state index contributed by atoms with van der Waals surface area (Å²) in [6.07, 6.45) is 0. The fourth-order valence-electron chi connectivity index (χ4n) is 2.19. The topological polar surface area (TPSA) is 106 Å². The van der Waals surface area contributed by atoms with Crippen LogP contribution in [0.2, 0.25) is 0 Å². The molecule has 3 N–H and O–H groups in total. The predicted molar refractivity (Wildman–Crippen MR) is 90.6 cm³/mol. The van der Waals surface area contributed by atoms with Crippen LogP contribution < -0.4 is 25.4 Å². The second-order valence-corrected chi connectivity index (χ2v) is 5.23. The first-order chi connectivity index (χ1) is 12.0. The highest BCUT2D eigenvalue weighted by Crippen LogP contribution is 2.34. The second-order valence-electron chi connectivity index (χ2n) is 5.23. The number of amides is 3. The number of hydrogen-bond donors (Lipinski definition) is 3. The molecular formula is C17H15N3O5. The normalized spacial score (nSPS) is 11.6. The van der Waals surface area contributed by atoms with Crippen LogP contribution in [0.5, 0.6) is 11.5 Å². The van der Waals surface area contributed by atoms with Crippen molar-refractivity contribution in [2.45, 2.75) is 6.92 Å². The molecule has 1 heterocycles. The van der Waals surface area contributed by atoms with Crippen molar-refractivity contribution < 1.29 is 23.9 Å². The molecule has 2 aromatic carbocycles. The van der Waals surface area contributed by atoms with Crippen molar-refractivity contribution in [3.05, 3.63) is 42.5 Å². The van der Waals surface area contributed by atoms with E-state index in [1.165, 1.54) is 6.92 Å². The maximum absolute atomic E-state index is 12.0. The fraction of sp³-hybridized carbons (Fsp3) is 0.118. The highest BCUT2D eigenvalue weighted by atomic mass is 16.7. The van der Waals surface area contributed by atoms with E-state index in [9.17, 15) is 14.4 Å². The van der Waals surface area contributed by atoms with E-state index >= 15 is 0 Å². The zero-order valence-electron chi connectivity index (χ0n) is 13.3. The van der Waals surface area contributed by atoms with Crippen LogP contribution in [0.3, 0.4) is 0 Å². The summed E-state index contributed by atoms with van der Waals surface area (Å²) in [5.41, 5.74) is 1.45. The third-order valence-electron chi connectivity index (χ3n) is 3.30. The molecule has 0 bridgehead atoms. The van der Waals surface area contributed by atoms with Crippen molar-refractivity contribution in [2.24, 2.45) is 0 Å². The Kier molecular flexibility index (Phi) is 4.51. The van der Waals surface area contributed by atoms with Gasteiger partial charge < -0.3 is 25.4 Å². The molecule has 0 spiro atoms. The van der Waals surface area contributed by atoms with Crippen molar-refractivity contribution in [2.75, 3.05) is 22.7 Å². The maximum Gasteiger partial charge on any atom is 0.314 e. The van der Waals surface area contributed by atoms with Gasteiger partial charge in [-0.25, -0.2) is 0 Å². The minimum Gasteiger partial charge on any atom is -0.454 e. The van der Waals surface area contributed by atoms with E-state index in [0.717, 1.165) is 0 Å². The van der Waals surface area contributed by atoms with Gasteiger partial charge in [-0.05, 0) is 36.4 Å². The minimum atomic E-state index is -0.815. The van der Waals surface area contributed by atoms with Crippen molar-refractivity contribution in [3.63, 3.8) is 0 Å². The standard InChI is InChI=1S/C17H15N3O5/c1-10(21)18-11-2-4-12(5-3-11)19-16(22)17(23)20-13-6-7-14-15(8-13)25-9-24-14/h2-8H,9H2,1H3,(H,18,21)(H,19,22)(H,20,23). The molecule has 0 saturated carbocycles. The average molecular weight is 341 g/mol. The molecule has 25 heavy (non-hydrogen) atoms. The number of nitrogens with one attached hydrogen (secondary N) is 3. The summed E-state index contributed by atoms with van der Waals surface area (Å²) in [7, 11) is 0. The highest BCUT2D eigenvalue weighted by molar-refractivity contribution is 6.43. The predicted octanol–water partition coefficient (Wildman–Crippen LogP) is 1.95. The molecule has 8 nitrogen and oxygen atoms in total. The number of hydrogen-bond acceptors (Lipinski definition) is 5. The number of ether oxygens (including phenoxy) is 2. The molecule has 1 aliphatic heterocycles. The van der Waals surface area contributed by atoms with E-state index in [4.69, 9.17) is 9.47 Å². The Bertz CT molecular complexity index is 833. The summed E-state index contributed by atoms with van der Waals surface area (Å²) >= 11 is 0. The van der Waals surface area contributed by atoms with Crippen LogP contribution in [0.1, 0.15) is 6.92 Å². The molecule has 8 heteroatoms. The summed E-state index contributed by atoms with van der Waals surface area (Å²) in [6.45, 7) is 1.53. The second kappa shape index (κ2) is 6.91. The Morgan fingerprint density at radius 1 is 0.760 bits per heavy atom. The largest absolute Gasteiger partial charge is 0.454 e. The molecular weight excluding hydrogens is 326 g/mol. The Labute approximate surface area is 143 Å². The summed E-state index contributed by atoms with van der Waals surface area (Å²) in [5.74, 6) is -0.733. The van der Waals surface area contributed by atoms with E-state index in [2.05, 4.69) is 16.0 Å². The average Bonchev–Trinajstić information content (AvgIpc) is 3.03. The van der Waals surface area contributed by atoms with E-state index in [0.29, 0.717) is 28.6 Å². The van der Waals surface area contributed by atoms with Crippen molar-refractivity contribution in [3.8, 4) is 11.5 Å². The van der Waals surface area contributed by atoms with Gasteiger partial charge in [-0.2, -0.15) is 0 Å². The summed E-state index contributed by atoms with van der Waals surface area (Å²) in [4.78, 5) is 34.9. The van der Waals surface area contributed by atoms with E-state index < -0.39 is 11.8 Å². The molecule has 3 amide bonds. The molecule has 0 aromatic heterocycles. The summed E-state index contributed by atoms with van der Waals surface area (Å²) < 4.78 is 10.4. The van der Waals surface area contributed by atoms with Crippen molar-refractivity contribution in [1.29, 1.82) is 0 Å². The van der Waals surface area contributed by atoms with Gasteiger partial charge in [0, 0.05) is 30.1 Å². The first-order valence-electron chi connectivity index (χ1n) is 7.41. The molecule has 128 valence electrons. The van der Waals surface area contributed by atoms with Crippen LogP contribution >= 0.6 is 0 Å². The number of carbonyl (C=O) groups is 3. The third-order valence-corrected chi connectivity index (χ3v) is 3.30. The molecule has 0 saturated heterocycles. The van der Waals surface area contributed by atoms with Gasteiger partial charge in [0.1, 0.15) is 0 Å². The Morgan fingerprint density at radius 3 is 1.92 bits per heavy atom. The van der Waals surface area contributed by atoms with E-state index in [1.54, 1.807) is 42.5 Å². The summed E-state index contributed by atoms with van der Waals surface area (Å²) in [5, 5.41) is 7.57. The zero-order valence-corrected chi connectivity index (χ0v) is 13.3. The Balaban J connectivity index is 1.59. The van der Waals surface area contributed by atoms with Gasteiger partial charge in [0.25, 0.3) is 0 Å². The number of fused-ring (bicyclic) bond motifs is 1. The third kappa shape index (κ3) is 4.05. The lowest BCUT2D eigenvalue weighted by Gasteiger charge is -2.08.